The standard InChI is InChI=1S/C21H18ClFN4O2S/c1-11(2)26-10-13(9-24-26)27-12(3)20(14-7-8-15(22)18(23)19(14)27)30-17-6-4-5-16(25-17)21(28)29/h4-11H,1-3H3,(H,28,29). The van der Waals surface area contributed by atoms with Gasteiger partial charge in [0.05, 0.1) is 22.4 Å². The van der Waals surface area contributed by atoms with Crippen molar-refractivity contribution in [3.8, 4) is 5.69 Å². The second-order valence-electron chi connectivity index (χ2n) is 7.05. The lowest BCUT2D eigenvalue weighted by Gasteiger charge is -2.08. The number of aromatic carboxylic acids is 1. The van der Waals surface area contributed by atoms with Crippen LogP contribution in [0, 0.1) is 12.7 Å². The summed E-state index contributed by atoms with van der Waals surface area (Å²) in [6.45, 7) is 5.90. The van der Waals surface area contributed by atoms with E-state index in [9.17, 15) is 9.90 Å². The fourth-order valence-electron chi connectivity index (χ4n) is 3.28. The number of fused-ring (bicyclic) bond motifs is 1. The molecule has 30 heavy (non-hydrogen) atoms. The number of hydrogen-bond donors (Lipinski definition) is 1. The molecule has 154 valence electrons. The number of benzene rings is 1. The Balaban J connectivity index is 1.93. The minimum absolute atomic E-state index is 0.0278. The summed E-state index contributed by atoms with van der Waals surface area (Å²) in [4.78, 5) is 16.2. The molecule has 6 nitrogen and oxygen atoms in total. The topological polar surface area (TPSA) is 72.9 Å². The highest BCUT2D eigenvalue weighted by molar-refractivity contribution is 7.99. The first kappa shape index (κ1) is 20.4. The van der Waals surface area contributed by atoms with Crippen LogP contribution in [0.1, 0.15) is 36.1 Å². The van der Waals surface area contributed by atoms with Crippen LogP contribution in [0.4, 0.5) is 4.39 Å². The number of pyridine rings is 1. The van der Waals surface area contributed by atoms with Crippen LogP contribution in [0.2, 0.25) is 5.02 Å². The summed E-state index contributed by atoms with van der Waals surface area (Å²) in [7, 11) is 0. The average molecular weight is 445 g/mol. The van der Waals surface area contributed by atoms with Gasteiger partial charge in [-0.25, -0.2) is 14.2 Å². The first-order valence-corrected chi connectivity index (χ1v) is 10.4. The summed E-state index contributed by atoms with van der Waals surface area (Å²) in [5.41, 5.74) is 1.79. The summed E-state index contributed by atoms with van der Waals surface area (Å²) in [5.74, 6) is -1.62. The third kappa shape index (κ3) is 3.46. The Morgan fingerprint density at radius 1 is 1.27 bits per heavy atom. The molecular weight excluding hydrogens is 427 g/mol. The number of carboxylic acid groups (broad SMARTS) is 1. The second kappa shape index (κ2) is 7.77. The van der Waals surface area contributed by atoms with Crippen LogP contribution in [0.3, 0.4) is 0 Å². The number of carbonyl (C=O) groups is 1. The van der Waals surface area contributed by atoms with E-state index in [0.717, 1.165) is 10.6 Å². The third-order valence-electron chi connectivity index (χ3n) is 4.73. The predicted molar refractivity (Wildman–Crippen MR) is 114 cm³/mol. The molecule has 0 spiro atoms. The zero-order valence-electron chi connectivity index (χ0n) is 16.4. The molecule has 3 heterocycles. The van der Waals surface area contributed by atoms with Gasteiger partial charge >= 0.3 is 5.97 Å². The van der Waals surface area contributed by atoms with Gasteiger partial charge in [0.1, 0.15) is 10.7 Å². The normalized spacial score (nSPS) is 11.5. The van der Waals surface area contributed by atoms with Crippen molar-refractivity contribution in [2.75, 3.05) is 0 Å². The van der Waals surface area contributed by atoms with Gasteiger partial charge in [0.2, 0.25) is 0 Å². The van der Waals surface area contributed by atoms with E-state index in [2.05, 4.69) is 10.1 Å². The summed E-state index contributed by atoms with van der Waals surface area (Å²) in [6.07, 6.45) is 3.54. The fourth-order valence-corrected chi connectivity index (χ4v) is 4.44. The van der Waals surface area contributed by atoms with E-state index in [0.29, 0.717) is 21.6 Å². The largest absolute Gasteiger partial charge is 0.477 e. The Labute approximate surface area is 181 Å². The SMILES string of the molecule is Cc1c(Sc2cccc(C(=O)O)n2)c2ccc(Cl)c(F)c2n1-c1cnn(C(C)C)c1. The molecule has 0 aliphatic heterocycles. The van der Waals surface area contributed by atoms with Crippen molar-refractivity contribution in [1.29, 1.82) is 0 Å². The third-order valence-corrected chi connectivity index (χ3v) is 6.17. The Hall–Kier alpha value is -2.84. The van der Waals surface area contributed by atoms with Crippen molar-refractivity contribution < 1.29 is 14.3 Å². The molecule has 0 fully saturated rings. The molecule has 0 radical (unpaired) electrons. The Morgan fingerprint density at radius 3 is 2.70 bits per heavy atom. The maximum Gasteiger partial charge on any atom is 0.354 e. The molecule has 3 aromatic heterocycles. The van der Waals surface area contributed by atoms with Crippen molar-refractivity contribution >= 4 is 40.2 Å². The molecule has 0 aliphatic rings. The molecule has 0 atom stereocenters. The van der Waals surface area contributed by atoms with Gasteiger partial charge < -0.3 is 9.67 Å². The number of hydrogen-bond acceptors (Lipinski definition) is 4. The van der Waals surface area contributed by atoms with Gasteiger partial charge in [-0.1, -0.05) is 29.4 Å². The minimum atomic E-state index is -1.10. The van der Waals surface area contributed by atoms with E-state index < -0.39 is 11.8 Å². The van der Waals surface area contributed by atoms with Gasteiger partial charge in [-0.2, -0.15) is 5.10 Å². The molecule has 9 heteroatoms. The van der Waals surface area contributed by atoms with Gasteiger partial charge in [0, 0.05) is 28.2 Å². The number of nitrogens with zero attached hydrogens (tertiary/aromatic N) is 4. The van der Waals surface area contributed by atoms with Crippen molar-refractivity contribution in [1.82, 2.24) is 19.3 Å². The smallest absolute Gasteiger partial charge is 0.354 e. The van der Waals surface area contributed by atoms with Gasteiger partial charge in [-0.15, -0.1) is 0 Å². The van der Waals surface area contributed by atoms with Crippen LogP contribution < -0.4 is 0 Å². The van der Waals surface area contributed by atoms with Crippen LogP contribution in [-0.4, -0.2) is 30.4 Å². The first-order chi connectivity index (χ1) is 14.3. The molecule has 0 saturated carbocycles. The van der Waals surface area contributed by atoms with Crippen LogP contribution in [0.5, 0.6) is 0 Å². The van der Waals surface area contributed by atoms with Crippen LogP contribution >= 0.6 is 23.4 Å². The monoisotopic (exact) mass is 444 g/mol. The Morgan fingerprint density at radius 2 is 2.03 bits per heavy atom. The summed E-state index contributed by atoms with van der Waals surface area (Å²) in [6, 6.07) is 8.24. The molecule has 4 aromatic rings. The van der Waals surface area contributed by atoms with Crippen molar-refractivity contribution in [2.45, 2.75) is 36.7 Å². The molecule has 0 bridgehead atoms. The summed E-state index contributed by atoms with van der Waals surface area (Å²) in [5, 5.41) is 14.8. The number of carboxylic acids is 1. The lowest BCUT2D eigenvalue weighted by Crippen LogP contribution is -2.01. The zero-order chi connectivity index (χ0) is 21.6. The van der Waals surface area contributed by atoms with Gasteiger partial charge in [0.15, 0.2) is 5.82 Å². The maximum absolute atomic E-state index is 15.1. The molecule has 0 unspecified atom stereocenters. The zero-order valence-corrected chi connectivity index (χ0v) is 18.0. The van der Waals surface area contributed by atoms with Crippen molar-refractivity contribution in [2.24, 2.45) is 0 Å². The lowest BCUT2D eigenvalue weighted by atomic mass is 10.2. The summed E-state index contributed by atoms with van der Waals surface area (Å²) < 4.78 is 18.7. The highest BCUT2D eigenvalue weighted by Gasteiger charge is 2.22. The molecular formula is C21H18ClFN4O2S. The average Bonchev–Trinajstić information content (AvgIpc) is 3.29. The number of rotatable bonds is 5. The van der Waals surface area contributed by atoms with Crippen LogP contribution in [0.15, 0.2) is 52.6 Å². The van der Waals surface area contributed by atoms with E-state index in [1.807, 2.05) is 27.0 Å². The first-order valence-electron chi connectivity index (χ1n) is 9.19. The Bertz CT molecular complexity index is 1280. The molecule has 0 amide bonds. The molecule has 0 saturated heterocycles. The fraction of sp³-hybridized carbons (Fsp3) is 0.190. The van der Waals surface area contributed by atoms with E-state index >= 15 is 4.39 Å². The van der Waals surface area contributed by atoms with Crippen molar-refractivity contribution in [3.05, 3.63) is 65.0 Å². The van der Waals surface area contributed by atoms with E-state index in [-0.39, 0.29) is 16.8 Å². The number of aromatic nitrogens is 4. The second-order valence-corrected chi connectivity index (χ2v) is 8.49. The van der Waals surface area contributed by atoms with E-state index in [1.54, 1.807) is 33.6 Å². The maximum atomic E-state index is 15.1. The summed E-state index contributed by atoms with van der Waals surface area (Å²) >= 11 is 7.37. The quantitative estimate of drug-likeness (QED) is 0.424. The highest BCUT2D eigenvalue weighted by atomic mass is 35.5. The van der Waals surface area contributed by atoms with Gasteiger partial charge in [-0.05, 0) is 45.0 Å². The van der Waals surface area contributed by atoms with E-state index in [1.165, 1.54) is 23.9 Å². The highest BCUT2D eigenvalue weighted by Crippen LogP contribution is 2.41. The molecule has 4 rings (SSSR count). The predicted octanol–water partition coefficient (Wildman–Crippen LogP) is 5.75. The minimum Gasteiger partial charge on any atom is -0.477 e. The van der Waals surface area contributed by atoms with E-state index in [4.69, 9.17) is 11.6 Å². The van der Waals surface area contributed by atoms with Crippen molar-refractivity contribution in [3.63, 3.8) is 0 Å². The Kier molecular flexibility index (Phi) is 5.29. The van der Waals surface area contributed by atoms with Crippen LogP contribution in [0.25, 0.3) is 16.6 Å². The molecule has 0 aliphatic carbocycles. The van der Waals surface area contributed by atoms with Crippen LogP contribution in [-0.2, 0) is 0 Å². The van der Waals surface area contributed by atoms with Gasteiger partial charge in [-0.3, -0.25) is 4.68 Å². The lowest BCUT2D eigenvalue weighted by molar-refractivity contribution is 0.0689. The molecule has 1 aromatic carbocycles. The number of halogens is 2. The van der Waals surface area contributed by atoms with Gasteiger partial charge in [0.25, 0.3) is 0 Å². The molecule has 1 N–H and O–H groups in total.